The quantitative estimate of drug-likeness (QED) is 0.802. The maximum Gasteiger partial charge on any atom is 0.416 e. The molecule has 2 aromatic rings. The highest BCUT2D eigenvalue weighted by Gasteiger charge is 2.31. The van der Waals surface area contributed by atoms with Crippen molar-refractivity contribution in [3.8, 4) is 0 Å². The van der Waals surface area contributed by atoms with Gasteiger partial charge in [-0.15, -0.1) is 0 Å². The summed E-state index contributed by atoms with van der Waals surface area (Å²) in [6, 6.07) is 2.92. The van der Waals surface area contributed by atoms with E-state index < -0.39 is 23.8 Å². The number of alkyl halides is 3. The van der Waals surface area contributed by atoms with Crippen LogP contribution in [0.25, 0.3) is 0 Å². The fourth-order valence-electron chi connectivity index (χ4n) is 1.93. The average molecular weight is 328 g/mol. The lowest BCUT2D eigenvalue weighted by atomic mass is 10.0. The van der Waals surface area contributed by atoms with Gasteiger partial charge in [0.2, 0.25) is 0 Å². The van der Waals surface area contributed by atoms with Crippen molar-refractivity contribution in [3.05, 3.63) is 46.5 Å². The molecule has 0 saturated carbocycles. The second-order valence-electron chi connectivity index (χ2n) is 5.03. The molecule has 9 heteroatoms. The van der Waals surface area contributed by atoms with E-state index in [0.29, 0.717) is 5.82 Å². The summed E-state index contributed by atoms with van der Waals surface area (Å²) in [5, 5.41) is 18.1. The van der Waals surface area contributed by atoms with E-state index >= 15 is 0 Å². The zero-order valence-electron chi connectivity index (χ0n) is 12.4. The van der Waals surface area contributed by atoms with Crippen molar-refractivity contribution >= 4 is 5.91 Å². The highest BCUT2D eigenvalue weighted by molar-refractivity contribution is 5.95. The fourth-order valence-corrected chi connectivity index (χ4v) is 1.93. The van der Waals surface area contributed by atoms with E-state index in [1.807, 2.05) is 0 Å². The van der Waals surface area contributed by atoms with Gasteiger partial charge in [-0.05, 0) is 37.6 Å². The molecule has 0 aliphatic rings. The van der Waals surface area contributed by atoms with Crippen LogP contribution in [-0.2, 0) is 12.7 Å². The first-order valence-corrected chi connectivity index (χ1v) is 6.73. The van der Waals surface area contributed by atoms with Crippen molar-refractivity contribution in [1.29, 1.82) is 0 Å². The van der Waals surface area contributed by atoms with Crippen molar-refractivity contribution in [2.24, 2.45) is 0 Å². The minimum atomic E-state index is -4.45. The number of aliphatic hydroxyl groups is 1. The predicted molar refractivity (Wildman–Crippen MR) is 74.4 cm³/mol. The largest absolute Gasteiger partial charge is 0.416 e. The molecular formula is C14H15F3N4O2. The number of aryl methyl sites for hydroxylation is 1. The summed E-state index contributed by atoms with van der Waals surface area (Å²) in [5.41, 5.74) is -0.434. The number of carbonyl (C=O) groups excluding carboxylic acids is 1. The Balaban J connectivity index is 2.05. The van der Waals surface area contributed by atoms with Crippen LogP contribution < -0.4 is 5.32 Å². The monoisotopic (exact) mass is 328 g/mol. The summed E-state index contributed by atoms with van der Waals surface area (Å²) >= 11 is 0. The molecular weight excluding hydrogens is 313 g/mol. The maximum absolute atomic E-state index is 12.6. The number of halogens is 3. The molecule has 0 bridgehead atoms. The lowest BCUT2D eigenvalue weighted by Crippen LogP contribution is -2.24. The number of benzene rings is 1. The van der Waals surface area contributed by atoms with Gasteiger partial charge in [-0.3, -0.25) is 9.89 Å². The highest BCUT2D eigenvalue weighted by Crippen LogP contribution is 2.30. The van der Waals surface area contributed by atoms with Gasteiger partial charge in [-0.2, -0.15) is 18.3 Å². The molecule has 0 unspecified atom stereocenters. The number of carbonyl (C=O) groups is 1. The topological polar surface area (TPSA) is 90.9 Å². The molecule has 0 spiro atoms. The van der Waals surface area contributed by atoms with Gasteiger partial charge in [-0.1, -0.05) is 0 Å². The minimum absolute atomic E-state index is 0.0129. The second kappa shape index (κ2) is 6.37. The molecule has 0 radical (unpaired) electrons. The number of aromatic amines is 1. The standard InChI is InChI=1S/C14H15F3N4O2/c1-7-5-9(14(15,16)17)3-4-10(7)13(23)18-6-11-19-12(8(2)22)21-20-11/h3-5,8,22H,6H2,1-2H3,(H,18,23)(H,19,20,21)/t8-/m0/s1. The molecule has 6 nitrogen and oxygen atoms in total. The fraction of sp³-hybridized carbons (Fsp3) is 0.357. The molecule has 124 valence electrons. The lowest BCUT2D eigenvalue weighted by molar-refractivity contribution is -0.137. The molecule has 0 saturated heterocycles. The summed E-state index contributed by atoms with van der Waals surface area (Å²) in [6.07, 6.45) is -5.29. The molecule has 1 heterocycles. The van der Waals surface area contributed by atoms with Gasteiger partial charge in [0, 0.05) is 5.56 Å². The molecule has 1 atom stereocenters. The summed E-state index contributed by atoms with van der Waals surface area (Å²) in [5.74, 6) is 0.00463. The molecule has 1 aromatic carbocycles. The van der Waals surface area contributed by atoms with E-state index in [1.54, 1.807) is 0 Å². The van der Waals surface area contributed by atoms with Gasteiger partial charge >= 0.3 is 6.18 Å². The third-order valence-electron chi connectivity index (χ3n) is 3.14. The molecule has 3 N–H and O–H groups in total. The number of hydrogen-bond donors (Lipinski definition) is 3. The summed E-state index contributed by atoms with van der Waals surface area (Å²) in [4.78, 5) is 16.0. The van der Waals surface area contributed by atoms with Crippen LogP contribution in [0.15, 0.2) is 18.2 Å². The third-order valence-corrected chi connectivity index (χ3v) is 3.14. The van der Waals surface area contributed by atoms with Crippen LogP contribution in [0, 0.1) is 6.92 Å². The number of rotatable bonds is 4. The first kappa shape index (κ1) is 16.9. The predicted octanol–water partition coefficient (Wildman–Crippen LogP) is 2.12. The van der Waals surface area contributed by atoms with Gasteiger partial charge < -0.3 is 10.4 Å². The Morgan fingerprint density at radius 1 is 1.43 bits per heavy atom. The second-order valence-corrected chi connectivity index (χ2v) is 5.03. The minimum Gasteiger partial charge on any atom is -0.385 e. The van der Waals surface area contributed by atoms with Gasteiger partial charge in [-0.25, -0.2) is 4.98 Å². The first-order chi connectivity index (χ1) is 10.7. The van der Waals surface area contributed by atoms with E-state index in [9.17, 15) is 23.1 Å². The smallest absolute Gasteiger partial charge is 0.385 e. The molecule has 1 amide bonds. The molecule has 0 aliphatic heterocycles. The Morgan fingerprint density at radius 3 is 2.65 bits per heavy atom. The molecule has 23 heavy (non-hydrogen) atoms. The number of nitrogens with one attached hydrogen (secondary N) is 2. The molecule has 2 rings (SSSR count). The first-order valence-electron chi connectivity index (χ1n) is 6.73. The lowest BCUT2D eigenvalue weighted by Gasteiger charge is -2.11. The number of H-pyrrole nitrogens is 1. The van der Waals surface area contributed by atoms with E-state index in [2.05, 4.69) is 20.5 Å². The van der Waals surface area contributed by atoms with Crippen LogP contribution in [0.1, 0.15) is 46.2 Å². The Bertz CT molecular complexity index is 710. The molecule has 1 aromatic heterocycles. The van der Waals surface area contributed by atoms with Gasteiger partial charge in [0.15, 0.2) is 5.82 Å². The van der Waals surface area contributed by atoms with Crippen molar-refractivity contribution in [1.82, 2.24) is 20.5 Å². The number of hydrogen-bond acceptors (Lipinski definition) is 4. The van der Waals surface area contributed by atoms with Gasteiger partial charge in [0.1, 0.15) is 11.9 Å². The average Bonchev–Trinajstić information content (AvgIpc) is 2.92. The number of amides is 1. The van der Waals surface area contributed by atoms with Crippen LogP contribution >= 0.6 is 0 Å². The van der Waals surface area contributed by atoms with Crippen molar-refractivity contribution < 1.29 is 23.1 Å². The number of aromatic nitrogens is 3. The van der Waals surface area contributed by atoms with E-state index in [4.69, 9.17) is 0 Å². The van der Waals surface area contributed by atoms with Gasteiger partial charge in [0.25, 0.3) is 5.91 Å². The van der Waals surface area contributed by atoms with E-state index in [-0.39, 0.29) is 23.5 Å². The van der Waals surface area contributed by atoms with Crippen LogP contribution in [0.2, 0.25) is 0 Å². The summed E-state index contributed by atoms with van der Waals surface area (Å²) in [6.45, 7) is 2.94. The van der Waals surface area contributed by atoms with E-state index in [1.165, 1.54) is 13.8 Å². The summed E-state index contributed by atoms with van der Waals surface area (Å²) < 4.78 is 37.8. The molecule has 0 fully saturated rings. The Labute approximate surface area is 129 Å². The Hall–Kier alpha value is -2.42. The van der Waals surface area contributed by atoms with Crippen LogP contribution in [-0.4, -0.2) is 26.2 Å². The Morgan fingerprint density at radius 2 is 2.13 bits per heavy atom. The normalized spacial score (nSPS) is 13.0. The summed E-state index contributed by atoms with van der Waals surface area (Å²) in [7, 11) is 0. The zero-order valence-corrected chi connectivity index (χ0v) is 12.4. The van der Waals surface area contributed by atoms with E-state index in [0.717, 1.165) is 18.2 Å². The van der Waals surface area contributed by atoms with Crippen LogP contribution in [0.4, 0.5) is 13.2 Å². The zero-order chi connectivity index (χ0) is 17.2. The molecule has 0 aliphatic carbocycles. The number of aliphatic hydroxyl groups excluding tert-OH is 1. The third kappa shape index (κ3) is 4.07. The van der Waals surface area contributed by atoms with Crippen LogP contribution in [0.5, 0.6) is 0 Å². The van der Waals surface area contributed by atoms with Crippen molar-refractivity contribution in [3.63, 3.8) is 0 Å². The highest BCUT2D eigenvalue weighted by atomic mass is 19.4. The number of nitrogens with zero attached hydrogens (tertiary/aromatic N) is 2. The van der Waals surface area contributed by atoms with Crippen molar-refractivity contribution in [2.75, 3.05) is 0 Å². The SMILES string of the molecule is Cc1cc(C(F)(F)F)ccc1C(=O)NCc1nc([C@H](C)O)n[nH]1. The van der Waals surface area contributed by atoms with Crippen molar-refractivity contribution in [2.45, 2.75) is 32.7 Å². The van der Waals surface area contributed by atoms with Gasteiger partial charge in [0.05, 0.1) is 12.1 Å². The maximum atomic E-state index is 12.6. The Kier molecular flexibility index (Phi) is 4.69. The van der Waals surface area contributed by atoms with Crippen LogP contribution in [0.3, 0.4) is 0 Å².